The number of carbonyl (C=O) groups excluding carboxylic acids is 1. The maximum absolute atomic E-state index is 12.2. The fraction of sp³-hybridized carbons (Fsp3) is 0.273. The van der Waals surface area contributed by atoms with Crippen LogP contribution in [0.4, 0.5) is 0 Å². The maximum atomic E-state index is 12.2. The Hall–Kier alpha value is -1.27. The highest BCUT2D eigenvalue weighted by Gasteiger charge is 2.22. The van der Waals surface area contributed by atoms with Gasteiger partial charge < -0.3 is 15.8 Å². The Morgan fingerprint density at radius 2 is 2.22 bits per heavy atom. The first-order valence-corrected chi connectivity index (χ1v) is 6.25. The van der Waals surface area contributed by atoms with E-state index in [0.29, 0.717) is 15.1 Å². The third-order valence-corrected chi connectivity index (χ3v) is 3.53. The van der Waals surface area contributed by atoms with E-state index in [2.05, 4.69) is 21.1 Å². The molecular formula is C11H13BrClN3O2. The predicted octanol–water partition coefficient (Wildman–Crippen LogP) is 2.31. The fourth-order valence-corrected chi connectivity index (χ4v) is 1.90. The molecular weight excluding hydrogens is 321 g/mol. The maximum Gasteiger partial charge on any atom is 0.255 e. The molecule has 7 heteroatoms. The Morgan fingerprint density at radius 1 is 1.61 bits per heavy atom. The summed E-state index contributed by atoms with van der Waals surface area (Å²) in [5, 5.41) is 12.0. The Bertz CT molecular complexity index is 493. The van der Waals surface area contributed by atoms with E-state index in [-0.39, 0.29) is 11.7 Å². The molecule has 0 fully saturated rings. The summed E-state index contributed by atoms with van der Waals surface area (Å²) in [6, 6.07) is 4.41. The molecule has 98 valence electrons. The number of amides is 1. The van der Waals surface area contributed by atoms with Crippen molar-refractivity contribution in [3.05, 3.63) is 33.3 Å². The van der Waals surface area contributed by atoms with Crippen LogP contribution in [0.15, 0.2) is 27.8 Å². The quantitative estimate of drug-likeness (QED) is 0.385. The van der Waals surface area contributed by atoms with E-state index in [4.69, 9.17) is 22.5 Å². The second-order valence-corrected chi connectivity index (χ2v) is 5.03. The van der Waals surface area contributed by atoms with E-state index in [1.54, 1.807) is 32.2 Å². The molecule has 3 N–H and O–H groups in total. The van der Waals surface area contributed by atoms with Crippen molar-refractivity contribution in [1.29, 1.82) is 0 Å². The van der Waals surface area contributed by atoms with Gasteiger partial charge in [-0.1, -0.05) is 16.8 Å². The third kappa shape index (κ3) is 3.14. The van der Waals surface area contributed by atoms with Crippen molar-refractivity contribution in [3.8, 4) is 0 Å². The Labute approximate surface area is 118 Å². The second-order valence-electron chi connectivity index (χ2n) is 3.74. The minimum Gasteiger partial charge on any atom is -0.409 e. The van der Waals surface area contributed by atoms with Crippen molar-refractivity contribution in [1.82, 2.24) is 4.90 Å². The summed E-state index contributed by atoms with van der Waals surface area (Å²) in [6.45, 7) is 1.66. The van der Waals surface area contributed by atoms with Gasteiger partial charge in [0.05, 0.1) is 11.6 Å². The number of amidine groups is 1. The molecule has 0 saturated carbocycles. The van der Waals surface area contributed by atoms with Crippen LogP contribution in [-0.4, -0.2) is 34.9 Å². The highest BCUT2D eigenvalue weighted by Crippen LogP contribution is 2.22. The molecule has 0 aliphatic rings. The molecule has 0 bridgehead atoms. The van der Waals surface area contributed by atoms with Gasteiger partial charge in [-0.05, 0) is 41.1 Å². The van der Waals surface area contributed by atoms with Gasteiger partial charge in [-0.3, -0.25) is 4.79 Å². The van der Waals surface area contributed by atoms with Crippen LogP contribution >= 0.6 is 27.5 Å². The van der Waals surface area contributed by atoms with E-state index < -0.39 is 6.04 Å². The second kappa shape index (κ2) is 6.06. The molecule has 0 aliphatic heterocycles. The summed E-state index contributed by atoms with van der Waals surface area (Å²) in [4.78, 5) is 13.6. The number of nitrogens with two attached hydrogens (primary N) is 1. The first-order valence-electron chi connectivity index (χ1n) is 5.08. The molecule has 0 heterocycles. The van der Waals surface area contributed by atoms with Crippen molar-refractivity contribution in [2.45, 2.75) is 13.0 Å². The Kier molecular flexibility index (Phi) is 4.98. The highest BCUT2D eigenvalue weighted by molar-refractivity contribution is 9.10. The lowest BCUT2D eigenvalue weighted by atomic mass is 10.1. The first kappa shape index (κ1) is 14.8. The smallest absolute Gasteiger partial charge is 0.255 e. The van der Waals surface area contributed by atoms with Gasteiger partial charge in [-0.2, -0.15) is 0 Å². The van der Waals surface area contributed by atoms with Crippen LogP contribution in [0.5, 0.6) is 0 Å². The lowest BCUT2D eigenvalue weighted by molar-refractivity contribution is 0.0775. The van der Waals surface area contributed by atoms with Crippen LogP contribution in [0.25, 0.3) is 0 Å². The molecule has 1 aromatic rings. The predicted molar refractivity (Wildman–Crippen MR) is 74.1 cm³/mol. The SMILES string of the molecule is CC(/C(N)=N/O)N(C)C(=O)c1cc(Cl)ccc1Br. The molecule has 0 saturated heterocycles. The van der Waals surface area contributed by atoms with E-state index in [0.717, 1.165) is 0 Å². The average molecular weight is 335 g/mol. The molecule has 0 spiro atoms. The Balaban J connectivity index is 3.03. The molecule has 1 unspecified atom stereocenters. The van der Waals surface area contributed by atoms with Gasteiger partial charge in [-0.25, -0.2) is 0 Å². The normalized spacial score (nSPS) is 13.2. The lowest BCUT2D eigenvalue weighted by Crippen LogP contribution is -2.43. The molecule has 0 aliphatic carbocycles. The highest BCUT2D eigenvalue weighted by atomic mass is 79.9. The van der Waals surface area contributed by atoms with Crippen molar-refractivity contribution in [3.63, 3.8) is 0 Å². The number of hydrogen-bond acceptors (Lipinski definition) is 3. The summed E-state index contributed by atoms with van der Waals surface area (Å²) in [5.74, 6) is -0.313. The molecule has 1 atom stereocenters. The molecule has 0 aromatic heterocycles. The number of halogens is 2. The zero-order chi connectivity index (χ0) is 13.9. The van der Waals surface area contributed by atoms with Crippen LogP contribution < -0.4 is 5.73 Å². The molecule has 0 radical (unpaired) electrons. The van der Waals surface area contributed by atoms with Gasteiger partial charge in [0, 0.05) is 16.5 Å². The van der Waals surface area contributed by atoms with Gasteiger partial charge in [-0.15, -0.1) is 0 Å². The van der Waals surface area contributed by atoms with Crippen LogP contribution in [0.2, 0.25) is 5.02 Å². The molecule has 5 nitrogen and oxygen atoms in total. The van der Waals surface area contributed by atoms with Gasteiger partial charge in [0.2, 0.25) is 0 Å². The fourth-order valence-electron chi connectivity index (χ4n) is 1.31. The summed E-state index contributed by atoms with van der Waals surface area (Å²) in [7, 11) is 1.57. The van der Waals surface area contributed by atoms with Crippen LogP contribution in [-0.2, 0) is 0 Å². The minimum absolute atomic E-state index is 0.0380. The van der Waals surface area contributed by atoms with Crippen molar-refractivity contribution in [2.75, 3.05) is 7.05 Å². The molecule has 18 heavy (non-hydrogen) atoms. The van der Waals surface area contributed by atoms with Gasteiger partial charge in [0.1, 0.15) is 0 Å². The summed E-state index contributed by atoms with van der Waals surface area (Å²) < 4.78 is 0.635. The van der Waals surface area contributed by atoms with Crippen LogP contribution in [0, 0.1) is 0 Å². The monoisotopic (exact) mass is 333 g/mol. The Morgan fingerprint density at radius 3 is 2.78 bits per heavy atom. The number of benzene rings is 1. The zero-order valence-corrected chi connectivity index (χ0v) is 12.2. The number of carbonyl (C=O) groups is 1. The van der Waals surface area contributed by atoms with Crippen molar-refractivity contribution >= 4 is 39.3 Å². The largest absolute Gasteiger partial charge is 0.409 e. The third-order valence-electron chi connectivity index (χ3n) is 2.60. The summed E-state index contributed by atoms with van der Waals surface area (Å²) >= 11 is 9.14. The topological polar surface area (TPSA) is 78.9 Å². The number of likely N-dealkylation sites (N-methyl/N-ethyl adjacent to an activating group) is 1. The molecule has 1 aromatic carbocycles. The number of oxime groups is 1. The van der Waals surface area contributed by atoms with Crippen LogP contribution in [0.3, 0.4) is 0 Å². The van der Waals surface area contributed by atoms with Gasteiger partial charge in [0.25, 0.3) is 5.91 Å². The summed E-state index contributed by atoms with van der Waals surface area (Å²) in [5.41, 5.74) is 5.89. The van der Waals surface area contributed by atoms with Gasteiger partial charge >= 0.3 is 0 Å². The van der Waals surface area contributed by atoms with E-state index in [1.807, 2.05) is 0 Å². The van der Waals surface area contributed by atoms with Crippen LogP contribution in [0.1, 0.15) is 17.3 Å². The first-order chi connectivity index (χ1) is 8.38. The van der Waals surface area contributed by atoms with E-state index in [9.17, 15) is 4.79 Å². The molecule has 1 rings (SSSR count). The number of rotatable bonds is 3. The minimum atomic E-state index is -0.520. The molecule has 1 amide bonds. The zero-order valence-electron chi connectivity index (χ0n) is 9.89. The average Bonchev–Trinajstić information content (AvgIpc) is 2.38. The number of nitrogens with zero attached hydrogens (tertiary/aromatic N) is 2. The summed E-state index contributed by atoms with van der Waals surface area (Å²) in [6.07, 6.45) is 0. The lowest BCUT2D eigenvalue weighted by Gasteiger charge is -2.24. The van der Waals surface area contributed by atoms with E-state index in [1.165, 1.54) is 4.90 Å². The van der Waals surface area contributed by atoms with Gasteiger partial charge in [0.15, 0.2) is 5.84 Å². The van der Waals surface area contributed by atoms with Crippen molar-refractivity contribution in [2.24, 2.45) is 10.9 Å². The van der Waals surface area contributed by atoms with E-state index >= 15 is 0 Å². The van der Waals surface area contributed by atoms with Crippen molar-refractivity contribution < 1.29 is 10.0 Å². The number of hydrogen-bond donors (Lipinski definition) is 2. The standard InChI is InChI=1S/C11H13BrClN3O2/c1-6(10(14)15-18)16(2)11(17)8-5-7(13)3-4-9(8)12/h3-6,18H,1-2H3,(H2,14,15).